The number of nitrogens with one attached hydrogen (secondary N) is 1. The molecule has 0 radical (unpaired) electrons. The molecule has 2 aromatic carbocycles. The lowest BCUT2D eigenvalue weighted by Crippen LogP contribution is -2.50. The van der Waals surface area contributed by atoms with Crippen LogP contribution in [0.2, 0.25) is 0 Å². The zero-order valence-electron chi connectivity index (χ0n) is 17.9. The number of hydrogen-bond acceptors (Lipinski definition) is 2. The number of nitrogens with zero attached hydrogens (tertiary/aromatic N) is 1. The van der Waals surface area contributed by atoms with E-state index in [-0.39, 0.29) is 17.9 Å². The normalized spacial score (nSPS) is 15.4. The lowest BCUT2D eigenvalue weighted by molar-refractivity contribution is -0.140. The molecule has 0 heterocycles. The molecule has 4 nitrogen and oxygen atoms in total. The van der Waals surface area contributed by atoms with Crippen LogP contribution in [0.4, 0.5) is 0 Å². The standard InChI is InChI=1S/C25H31BrN2O2/c1-18-7-6-8-21(15-18)16-24(29)28(17-20-11-13-22(26)14-12-20)19(2)25(30)27-23-9-4-3-5-10-23/h6-8,11-15,19,23H,3-5,9-10,16-17H2,1-2H3,(H,27,30)/t19-/m0/s1. The van der Waals surface area contributed by atoms with Crippen molar-refractivity contribution in [2.75, 3.05) is 0 Å². The number of amides is 2. The molecule has 1 aliphatic carbocycles. The van der Waals surface area contributed by atoms with Crippen LogP contribution in [0.15, 0.2) is 53.0 Å². The average molecular weight is 471 g/mol. The van der Waals surface area contributed by atoms with Gasteiger partial charge in [-0.05, 0) is 49.9 Å². The van der Waals surface area contributed by atoms with Crippen LogP contribution in [0.3, 0.4) is 0 Å². The monoisotopic (exact) mass is 470 g/mol. The summed E-state index contributed by atoms with van der Waals surface area (Å²) in [4.78, 5) is 28.0. The molecule has 2 aromatic rings. The van der Waals surface area contributed by atoms with Crippen molar-refractivity contribution >= 4 is 27.7 Å². The minimum atomic E-state index is -0.520. The van der Waals surface area contributed by atoms with Crippen LogP contribution in [0.5, 0.6) is 0 Å². The highest BCUT2D eigenvalue weighted by atomic mass is 79.9. The maximum Gasteiger partial charge on any atom is 0.242 e. The van der Waals surface area contributed by atoms with Gasteiger partial charge in [-0.15, -0.1) is 0 Å². The van der Waals surface area contributed by atoms with E-state index in [0.29, 0.717) is 13.0 Å². The van der Waals surface area contributed by atoms with Crippen LogP contribution < -0.4 is 5.32 Å². The molecule has 160 valence electrons. The van der Waals surface area contributed by atoms with Crippen molar-refractivity contribution in [2.45, 2.75) is 71.0 Å². The first-order valence-electron chi connectivity index (χ1n) is 10.8. The van der Waals surface area contributed by atoms with E-state index in [4.69, 9.17) is 0 Å². The first kappa shape index (κ1) is 22.5. The van der Waals surface area contributed by atoms with Gasteiger partial charge in [-0.25, -0.2) is 0 Å². The second-order valence-electron chi connectivity index (χ2n) is 8.33. The predicted octanol–water partition coefficient (Wildman–Crippen LogP) is 5.17. The molecule has 1 atom stereocenters. The van der Waals surface area contributed by atoms with Gasteiger partial charge in [-0.3, -0.25) is 9.59 Å². The molecule has 5 heteroatoms. The number of carbonyl (C=O) groups excluding carboxylic acids is 2. The van der Waals surface area contributed by atoms with Crippen molar-refractivity contribution in [2.24, 2.45) is 0 Å². The van der Waals surface area contributed by atoms with Gasteiger partial charge in [0.25, 0.3) is 0 Å². The molecule has 1 saturated carbocycles. The predicted molar refractivity (Wildman–Crippen MR) is 124 cm³/mol. The van der Waals surface area contributed by atoms with Gasteiger partial charge in [0.2, 0.25) is 11.8 Å². The number of halogens is 1. The first-order chi connectivity index (χ1) is 14.4. The number of rotatable bonds is 7. The number of benzene rings is 2. The zero-order chi connectivity index (χ0) is 21.5. The Bertz CT molecular complexity index is 860. The lowest BCUT2D eigenvalue weighted by atomic mass is 9.95. The Morgan fingerprint density at radius 1 is 1.07 bits per heavy atom. The van der Waals surface area contributed by atoms with E-state index in [1.54, 1.807) is 4.90 Å². The zero-order valence-corrected chi connectivity index (χ0v) is 19.5. The van der Waals surface area contributed by atoms with Gasteiger partial charge in [0.15, 0.2) is 0 Å². The van der Waals surface area contributed by atoms with Crippen molar-refractivity contribution in [3.8, 4) is 0 Å². The highest BCUT2D eigenvalue weighted by Gasteiger charge is 2.28. The molecule has 0 aliphatic heterocycles. The molecule has 1 N–H and O–H groups in total. The molecule has 3 rings (SSSR count). The molecule has 0 unspecified atom stereocenters. The van der Waals surface area contributed by atoms with Crippen molar-refractivity contribution < 1.29 is 9.59 Å². The van der Waals surface area contributed by atoms with Gasteiger partial charge in [0.1, 0.15) is 6.04 Å². The van der Waals surface area contributed by atoms with E-state index in [0.717, 1.165) is 46.8 Å². The van der Waals surface area contributed by atoms with E-state index in [9.17, 15) is 9.59 Å². The van der Waals surface area contributed by atoms with Crippen molar-refractivity contribution in [3.63, 3.8) is 0 Å². The number of carbonyl (C=O) groups is 2. The summed E-state index contributed by atoms with van der Waals surface area (Å²) in [5, 5.41) is 3.18. The van der Waals surface area contributed by atoms with Gasteiger partial charge >= 0.3 is 0 Å². The molecule has 0 bridgehead atoms. The van der Waals surface area contributed by atoms with E-state index in [2.05, 4.69) is 21.2 Å². The van der Waals surface area contributed by atoms with Crippen LogP contribution in [-0.4, -0.2) is 28.8 Å². The third kappa shape index (κ3) is 6.43. The second-order valence-corrected chi connectivity index (χ2v) is 9.25. The Morgan fingerprint density at radius 2 is 1.77 bits per heavy atom. The van der Waals surface area contributed by atoms with E-state index >= 15 is 0 Å². The summed E-state index contributed by atoms with van der Waals surface area (Å²) in [6, 6.07) is 15.6. The van der Waals surface area contributed by atoms with Crippen molar-refractivity contribution in [3.05, 3.63) is 69.7 Å². The molecule has 1 aliphatic rings. The lowest BCUT2D eigenvalue weighted by Gasteiger charge is -2.31. The molecule has 0 saturated heterocycles. The highest BCUT2D eigenvalue weighted by molar-refractivity contribution is 9.10. The molecule has 1 fully saturated rings. The molecular weight excluding hydrogens is 440 g/mol. The molecule has 2 amide bonds. The summed E-state index contributed by atoms with van der Waals surface area (Å²) in [7, 11) is 0. The Morgan fingerprint density at radius 3 is 2.43 bits per heavy atom. The summed E-state index contributed by atoms with van der Waals surface area (Å²) in [5.74, 6) is -0.0913. The number of hydrogen-bond donors (Lipinski definition) is 1. The molecular formula is C25H31BrN2O2. The third-order valence-corrected chi connectivity index (χ3v) is 6.35. The van der Waals surface area contributed by atoms with Crippen LogP contribution in [0.25, 0.3) is 0 Å². The number of aryl methyl sites for hydroxylation is 1. The smallest absolute Gasteiger partial charge is 0.242 e. The fourth-order valence-electron chi connectivity index (χ4n) is 4.04. The Balaban J connectivity index is 1.75. The fourth-order valence-corrected chi connectivity index (χ4v) is 4.30. The van der Waals surface area contributed by atoms with E-state index in [1.807, 2.05) is 62.4 Å². The van der Waals surface area contributed by atoms with E-state index in [1.165, 1.54) is 6.42 Å². The SMILES string of the molecule is Cc1cccc(CC(=O)N(Cc2ccc(Br)cc2)[C@@H](C)C(=O)NC2CCCCC2)c1. The van der Waals surface area contributed by atoms with Gasteiger partial charge in [0, 0.05) is 17.1 Å². The van der Waals surface area contributed by atoms with Gasteiger partial charge in [-0.1, -0.05) is 77.2 Å². The van der Waals surface area contributed by atoms with Crippen molar-refractivity contribution in [1.29, 1.82) is 0 Å². The van der Waals surface area contributed by atoms with Gasteiger partial charge in [0.05, 0.1) is 6.42 Å². The van der Waals surface area contributed by atoms with E-state index < -0.39 is 6.04 Å². The summed E-state index contributed by atoms with van der Waals surface area (Å²) in [6.07, 6.45) is 5.92. The first-order valence-corrected chi connectivity index (χ1v) is 11.6. The average Bonchev–Trinajstić information content (AvgIpc) is 2.73. The molecule has 0 aromatic heterocycles. The topological polar surface area (TPSA) is 49.4 Å². The van der Waals surface area contributed by atoms with Gasteiger partial charge in [-0.2, -0.15) is 0 Å². The quantitative estimate of drug-likeness (QED) is 0.606. The van der Waals surface area contributed by atoms with Crippen LogP contribution in [-0.2, 0) is 22.6 Å². The molecule has 0 spiro atoms. The van der Waals surface area contributed by atoms with Crippen LogP contribution >= 0.6 is 15.9 Å². The Kier molecular flexibility index (Phi) is 8.08. The van der Waals surface area contributed by atoms with Gasteiger partial charge < -0.3 is 10.2 Å². The third-order valence-electron chi connectivity index (χ3n) is 5.82. The summed E-state index contributed by atoms with van der Waals surface area (Å²) < 4.78 is 0.993. The Labute approximate surface area is 188 Å². The maximum absolute atomic E-state index is 13.3. The highest BCUT2D eigenvalue weighted by Crippen LogP contribution is 2.19. The summed E-state index contributed by atoms with van der Waals surface area (Å²) >= 11 is 3.45. The summed E-state index contributed by atoms with van der Waals surface area (Å²) in [6.45, 7) is 4.27. The minimum absolute atomic E-state index is 0.0326. The molecule has 30 heavy (non-hydrogen) atoms. The fraction of sp³-hybridized carbons (Fsp3) is 0.440. The largest absolute Gasteiger partial charge is 0.352 e. The van der Waals surface area contributed by atoms with Crippen LogP contribution in [0, 0.1) is 6.92 Å². The second kappa shape index (κ2) is 10.8. The summed E-state index contributed by atoms with van der Waals surface area (Å²) in [5.41, 5.74) is 3.11. The van der Waals surface area contributed by atoms with Crippen molar-refractivity contribution in [1.82, 2.24) is 10.2 Å². The Hall–Kier alpha value is -2.14. The van der Waals surface area contributed by atoms with Crippen LogP contribution in [0.1, 0.15) is 55.7 Å². The maximum atomic E-state index is 13.3. The minimum Gasteiger partial charge on any atom is -0.352 e.